The Bertz CT molecular complexity index is 467. The summed E-state index contributed by atoms with van der Waals surface area (Å²) in [5.74, 6) is 5.40. The molecule has 0 saturated carbocycles. The molecule has 1 heterocycles. The fourth-order valence-electron chi connectivity index (χ4n) is 2.02. The van der Waals surface area contributed by atoms with Crippen molar-refractivity contribution in [3.8, 4) is 5.75 Å². The molecular weight excluding hydrogens is 268 g/mol. The van der Waals surface area contributed by atoms with Gasteiger partial charge in [-0.25, -0.2) is 5.84 Å². The number of nitrogens with one attached hydrogen (secondary N) is 1. The molecule has 0 spiro atoms. The van der Waals surface area contributed by atoms with E-state index in [2.05, 4.69) is 5.43 Å². The topological polar surface area (TPSA) is 73.6 Å². The van der Waals surface area contributed by atoms with E-state index in [1.54, 1.807) is 0 Å². The maximum Gasteiger partial charge on any atom is 0.263 e. The van der Waals surface area contributed by atoms with Gasteiger partial charge >= 0.3 is 0 Å². The van der Waals surface area contributed by atoms with Crippen molar-refractivity contribution in [2.75, 3.05) is 6.61 Å². The average Bonchev–Trinajstić information content (AvgIpc) is 2.85. The number of ether oxygens (including phenoxy) is 2. The van der Waals surface area contributed by atoms with Gasteiger partial charge in [0.25, 0.3) is 5.91 Å². The number of aryl methyl sites for hydroxylation is 1. The number of carbonyl (C=O) groups is 1. The smallest absolute Gasteiger partial charge is 0.263 e. The molecule has 1 fully saturated rings. The standard InChI is InChI=1S/C13H17ClN2O3/c1-8-2-4-11(10(14)6-8)18-7-9-3-5-12(19-9)13(17)16-15/h2,4,6,9,12H,3,5,7,15H2,1H3,(H,16,17). The molecule has 1 amide bonds. The summed E-state index contributed by atoms with van der Waals surface area (Å²) < 4.78 is 11.2. The summed E-state index contributed by atoms with van der Waals surface area (Å²) in [6.07, 6.45) is 0.826. The Morgan fingerprint density at radius 2 is 2.37 bits per heavy atom. The molecule has 1 aromatic carbocycles. The monoisotopic (exact) mass is 284 g/mol. The van der Waals surface area contributed by atoms with Gasteiger partial charge in [0.2, 0.25) is 0 Å². The zero-order chi connectivity index (χ0) is 13.8. The molecule has 0 radical (unpaired) electrons. The van der Waals surface area contributed by atoms with Crippen LogP contribution in [0.3, 0.4) is 0 Å². The lowest BCUT2D eigenvalue weighted by atomic mass is 10.2. The summed E-state index contributed by atoms with van der Waals surface area (Å²) in [4.78, 5) is 11.3. The predicted octanol–water partition coefficient (Wildman–Crippen LogP) is 1.56. The number of amides is 1. The second-order valence-corrected chi connectivity index (χ2v) is 4.98. The summed E-state index contributed by atoms with van der Waals surface area (Å²) in [7, 11) is 0. The number of nitrogens with two attached hydrogens (primary N) is 1. The number of halogens is 1. The molecule has 1 aliphatic heterocycles. The van der Waals surface area contributed by atoms with Crippen LogP contribution < -0.4 is 16.0 Å². The van der Waals surface area contributed by atoms with Crippen LogP contribution in [-0.4, -0.2) is 24.7 Å². The Morgan fingerprint density at radius 1 is 1.58 bits per heavy atom. The second kappa shape index (κ2) is 6.23. The lowest BCUT2D eigenvalue weighted by Gasteiger charge is -2.14. The zero-order valence-corrected chi connectivity index (χ0v) is 11.4. The number of benzene rings is 1. The quantitative estimate of drug-likeness (QED) is 0.500. The normalized spacial score (nSPS) is 22.3. The van der Waals surface area contributed by atoms with E-state index in [0.29, 0.717) is 23.8 Å². The van der Waals surface area contributed by atoms with Gasteiger partial charge in [0.05, 0.1) is 11.1 Å². The SMILES string of the molecule is Cc1ccc(OCC2CCC(C(=O)NN)O2)c(Cl)c1. The van der Waals surface area contributed by atoms with E-state index in [9.17, 15) is 4.79 Å². The molecule has 1 aliphatic rings. The van der Waals surface area contributed by atoms with Crippen LogP contribution in [0.1, 0.15) is 18.4 Å². The van der Waals surface area contributed by atoms with Crippen LogP contribution in [0, 0.1) is 6.92 Å². The highest BCUT2D eigenvalue weighted by Crippen LogP contribution is 2.27. The first-order valence-corrected chi connectivity index (χ1v) is 6.53. The predicted molar refractivity (Wildman–Crippen MR) is 71.9 cm³/mol. The largest absolute Gasteiger partial charge is 0.489 e. The molecule has 0 aliphatic carbocycles. The van der Waals surface area contributed by atoms with Gasteiger partial charge in [-0.2, -0.15) is 0 Å². The third-order valence-corrected chi connectivity index (χ3v) is 3.35. The molecule has 2 atom stereocenters. The molecule has 2 rings (SSSR count). The van der Waals surface area contributed by atoms with Crippen molar-refractivity contribution in [2.24, 2.45) is 5.84 Å². The van der Waals surface area contributed by atoms with E-state index in [0.717, 1.165) is 12.0 Å². The van der Waals surface area contributed by atoms with Crippen molar-refractivity contribution < 1.29 is 14.3 Å². The molecule has 104 valence electrons. The maximum atomic E-state index is 11.3. The van der Waals surface area contributed by atoms with E-state index in [-0.39, 0.29) is 12.0 Å². The van der Waals surface area contributed by atoms with Gasteiger partial charge in [0.15, 0.2) is 0 Å². The van der Waals surface area contributed by atoms with Crippen LogP contribution in [0.15, 0.2) is 18.2 Å². The minimum absolute atomic E-state index is 0.111. The maximum absolute atomic E-state index is 11.3. The fraction of sp³-hybridized carbons (Fsp3) is 0.462. The van der Waals surface area contributed by atoms with Crippen LogP contribution in [0.2, 0.25) is 5.02 Å². The van der Waals surface area contributed by atoms with E-state index in [1.807, 2.05) is 25.1 Å². The minimum Gasteiger partial charge on any atom is -0.489 e. The van der Waals surface area contributed by atoms with Gasteiger partial charge in [0, 0.05) is 0 Å². The molecule has 5 nitrogen and oxygen atoms in total. The molecule has 6 heteroatoms. The van der Waals surface area contributed by atoms with E-state index < -0.39 is 6.10 Å². The van der Waals surface area contributed by atoms with Gasteiger partial charge in [-0.15, -0.1) is 0 Å². The first-order valence-electron chi connectivity index (χ1n) is 6.15. The molecule has 1 saturated heterocycles. The summed E-state index contributed by atoms with van der Waals surface area (Å²) in [6, 6.07) is 5.61. The second-order valence-electron chi connectivity index (χ2n) is 4.58. The lowest BCUT2D eigenvalue weighted by Crippen LogP contribution is -2.39. The highest BCUT2D eigenvalue weighted by atomic mass is 35.5. The summed E-state index contributed by atoms with van der Waals surface area (Å²) in [5.41, 5.74) is 3.17. The van der Waals surface area contributed by atoms with Gasteiger partial charge in [-0.3, -0.25) is 10.2 Å². The number of hydrazine groups is 1. The summed E-state index contributed by atoms with van der Waals surface area (Å²) >= 11 is 6.07. The Morgan fingerprint density at radius 3 is 3.05 bits per heavy atom. The van der Waals surface area contributed by atoms with E-state index in [1.165, 1.54) is 0 Å². The van der Waals surface area contributed by atoms with E-state index in [4.69, 9.17) is 26.9 Å². The Hall–Kier alpha value is -1.30. The minimum atomic E-state index is -0.480. The first kappa shape index (κ1) is 14.1. The third-order valence-electron chi connectivity index (χ3n) is 3.05. The average molecular weight is 285 g/mol. The molecule has 3 N–H and O–H groups in total. The highest BCUT2D eigenvalue weighted by molar-refractivity contribution is 6.32. The number of hydrogen-bond donors (Lipinski definition) is 2. The number of hydrogen-bond acceptors (Lipinski definition) is 4. The molecule has 2 unspecified atom stereocenters. The Balaban J connectivity index is 1.85. The van der Waals surface area contributed by atoms with Crippen LogP contribution in [-0.2, 0) is 9.53 Å². The van der Waals surface area contributed by atoms with Gasteiger partial charge < -0.3 is 9.47 Å². The number of carbonyl (C=O) groups excluding carboxylic acids is 1. The highest BCUT2D eigenvalue weighted by Gasteiger charge is 2.30. The van der Waals surface area contributed by atoms with Gasteiger partial charge in [0.1, 0.15) is 18.5 Å². The van der Waals surface area contributed by atoms with Gasteiger partial charge in [-0.05, 0) is 37.5 Å². The Kier molecular flexibility index (Phi) is 4.63. The summed E-state index contributed by atoms with van der Waals surface area (Å²) in [5, 5.41) is 0.578. The molecule has 0 aromatic heterocycles. The van der Waals surface area contributed by atoms with Crippen molar-refractivity contribution in [3.05, 3.63) is 28.8 Å². The first-order chi connectivity index (χ1) is 9.10. The molecule has 0 bridgehead atoms. The van der Waals surface area contributed by atoms with Crippen molar-refractivity contribution in [1.29, 1.82) is 0 Å². The summed E-state index contributed by atoms with van der Waals surface area (Å²) in [6.45, 7) is 2.34. The van der Waals surface area contributed by atoms with Crippen LogP contribution in [0.25, 0.3) is 0 Å². The zero-order valence-electron chi connectivity index (χ0n) is 10.7. The lowest BCUT2D eigenvalue weighted by molar-refractivity contribution is -0.132. The van der Waals surface area contributed by atoms with Crippen LogP contribution in [0.5, 0.6) is 5.75 Å². The van der Waals surface area contributed by atoms with Crippen molar-refractivity contribution >= 4 is 17.5 Å². The van der Waals surface area contributed by atoms with Crippen LogP contribution in [0.4, 0.5) is 0 Å². The van der Waals surface area contributed by atoms with Crippen molar-refractivity contribution in [1.82, 2.24) is 5.43 Å². The van der Waals surface area contributed by atoms with Gasteiger partial charge in [-0.1, -0.05) is 17.7 Å². The Labute approximate surface area is 117 Å². The molecule has 19 heavy (non-hydrogen) atoms. The third kappa shape index (κ3) is 3.59. The van der Waals surface area contributed by atoms with Crippen molar-refractivity contribution in [2.45, 2.75) is 32.0 Å². The van der Waals surface area contributed by atoms with Crippen LogP contribution >= 0.6 is 11.6 Å². The van der Waals surface area contributed by atoms with Crippen molar-refractivity contribution in [3.63, 3.8) is 0 Å². The number of rotatable bonds is 4. The molecular formula is C13H17ClN2O3. The van der Waals surface area contributed by atoms with E-state index >= 15 is 0 Å². The fourth-order valence-corrected chi connectivity index (χ4v) is 2.31. The molecule has 1 aromatic rings.